The van der Waals surface area contributed by atoms with Gasteiger partial charge in [0.2, 0.25) is 0 Å². The molecular formula is C20H23F2N3O. The predicted molar refractivity (Wildman–Crippen MR) is 98.5 cm³/mol. The SMILES string of the molecule is CCCc1cccc(C2(c3ccc(OC(F)F)cc3)CN(C)C(N)=N2)c1. The van der Waals surface area contributed by atoms with E-state index in [2.05, 4.69) is 23.8 Å². The summed E-state index contributed by atoms with van der Waals surface area (Å²) in [5.74, 6) is 0.584. The van der Waals surface area contributed by atoms with E-state index in [1.807, 2.05) is 24.1 Å². The van der Waals surface area contributed by atoms with Crippen LogP contribution < -0.4 is 10.5 Å². The lowest BCUT2D eigenvalue weighted by Crippen LogP contribution is -2.34. The van der Waals surface area contributed by atoms with Gasteiger partial charge in [-0.15, -0.1) is 0 Å². The molecule has 1 aliphatic heterocycles. The summed E-state index contributed by atoms with van der Waals surface area (Å²) in [7, 11) is 1.89. The molecule has 1 heterocycles. The van der Waals surface area contributed by atoms with Gasteiger partial charge >= 0.3 is 6.61 Å². The van der Waals surface area contributed by atoms with Crippen molar-refractivity contribution < 1.29 is 13.5 Å². The first kappa shape index (κ1) is 18.2. The monoisotopic (exact) mass is 359 g/mol. The van der Waals surface area contributed by atoms with Crippen LogP contribution in [-0.2, 0) is 12.0 Å². The summed E-state index contributed by atoms with van der Waals surface area (Å²) < 4.78 is 29.3. The second kappa shape index (κ2) is 7.32. The molecule has 0 bridgehead atoms. The molecule has 1 aliphatic rings. The van der Waals surface area contributed by atoms with Crippen molar-refractivity contribution in [3.8, 4) is 5.75 Å². The van der Waals surface area contributed by atoms with Gasteiger partial charge in [-0.1, -0.05) is 49.7 Å². The van der Waals surface area contributed by atoms with Crippen molar-refractivity contribution in [2.24, 2.45) is 10.7 Å². The first-order valence-corrected chi connectivity index (χ1v) is 8.66. The Morgan fingerprint density at radius 3 is 2.50 bits per heavy atom. The van der Waals surface area contributed by atoms with E-state index in [9.17, 15) is 8.78 Å². The van der Waals surface area contributed by atoms with Crippen LogP contribution in [0.2, 0.25) is 0 Å². The highest BCUT2D eigenvalue weighted by molar-refractivity contribution is 5.81. The van der Waals surface area contributed by atoms with Gasteiger partial charge in [-0.05, 0) is 35.2 Å². The summed E-state index contributed by atoms with van der Waals surface area (Å²) in [5, 5.41) is 0. The standard InChI is InChI=1S/C20H23F2N3O/c1-3-5-14-6-4-7-16(12-14)20(13-25(2)19(23)24-20)15-8-10-17(11-9-15)26-18(21)22/h4,6-12,18H,3,5,13H2,1-2H3,(H2,23,24). The van der Waals surface area contributed by atoms with Gasteiger partial charge in [0.1, 0.15) is 11.3 Å². The van der Waals surface area contributed by atoms with Crippen molar-refractivity contribution in [2.75, 3.05) is 13.6 Å². The summed E-state index contributed by atoms with van der Waals surface area (Å²) in [5.41, 5.74) is 8.58. The van der Waals surface area contributed by atoms with Crippen molar-refractivity contribution in [3.05, 3.63) is 65.2 Å². The minimum Gasteiger partial charge on any atom is -0.435 e. The molecule has 26 heavy (non-hydrogen) atoms. The Hall–Kier alpha value is -2.63. The van der Waals surface area contributed by atoms with Crippen molar-refractivity contribution in [1.29, 1.82) is 0 Å². The lowest BCUT2D eigenvalue weighted by molar-refractivity contribution is -0.0498. The molecule has 3 rings (SSSR count). The normalized spacial score (nSPS) is 19.7. The van der Waals surface area contributed by atoms with E-state index in [0.29, 0.717) is 12.5 Å². The maximum absolute atomic E-state index is 12.4. The Kier molecular flexibility index (Phi) is 5.11. The van der Waals surface area contributed by atoms with E-state index in [0.717, 1.165) is 24.0 Å². The number of guanidine groups is 1. The minimum absolute atomic E-state index is 0.127. The smallest absolute Gasteiger partial charge is 0.387 e. The first-order valence-electron chi connectivity index (χ1n) is 8.66. The van der Waals surface area contributed by atoms with E-state index in [1.165, 1.54) is 5.56 Å². The van der Waals surface area contributed by atoms with Crippen LogP contribution in [0.25, 0.3) is 0 Å². The van der Waals surface area contributed by atoms with Crippen molar-refractivity contribution in [3.63, 3.8) is 0 Å². The van der Waals surface area contributed by atoms with Gasteiger partial charge in [0.05, 0.1) is 6.54 Å². The molecule has 0 radical (unpaired) electrons. The number of aryl methyl sites for hydroxylation is 1. The van der Waals surface area contributed by atoms with Gasteiger partial charge in [0.15, 0.2) is 5.96 Å². The Balaban J connectivity index is 2.05. The van der Waals surface area contributed by atoms with Gasteiger partial charge in [-0.3, -0.25) is 0 Å². The number of hydrogen-bond acceptors (Lipinski definition) is 4. The van der Waals surface area contributed by atoms with Crippen molar-refractivity contribution in [2.45, 2.75) is 31.9 Å². The molecule has 0 aliphatic carbocycles. The first-order chi connectivity index (χ1) is 12.4. The van der Waals surface area contributed by atoms with Gasteiger partial charge < -0.3 is 15.4 Å². The fourth-order valence-corrected chi connectivity index (χ4v) is 3.40. The number of nitrogens with zero attached hydrogens (tertiary/aromatic N) is 2. The molecule has 0 fully saturated rings. The van der Waals surface area contributed by atoms with Crippen LogP contribution in [-0.4, -0.2) is 31.1 Å². The van der Waals surface area contributed by atoms with Crippen LogP contribution in [0.15, 0.2) is 53.5 Å². The number of alkyl halides is 2. The molecule has 1 unspecified atom stereocenters. The van der Waals surface area contributed by atoms with Crippen LogP contribution in [0.3, 0.4) is 0 Å². The van der Waals surface area contributed by atoms with Crippen LogP contribution in [0.5, 0.6) is 5.75 Å². The summed E-state index contributed by atoms with van der Waals surface area (Å²) in [4.78, 5) is 6.66. The summed E-state index contributed by atoms with van der Waals surface area (Å²) >= 11 is 0. The van der Waals surface area contributed by atoms with Crippen molar-refractivity contribution >= 4 is 5.96 Å². The van der Waals surface area contributed by atoms with E-state index in [4.69, 9.17) is 10.7 Å². The third kappa shape index (κ3) is 3.49. The number of aliphatic imine (C=N–C) groups is 1. The molecule has 2 aromatic rings. The van der Waals surface area contributed by atoms with Gasteiger partial charge in [0.25, 0.3) is 0 Å². The quantitative estimate of drug-likeness (QED) is 0.855. The van der Waals surface area contributed by atoms with Gasteiger partial charge in [-0.2, -0.15) is 8.78 Å². The Morgan fingerprint density at radius 1 is 1.19 bits per heavy atom. The predicted octanol–water partition coefficient (Wildman–Crippen LogP) is 3.74. The maximum atomic E-state index is 12.4. The van der Waals surface area contributed by atoms with Gasteiger partial charge in [-0.25, -0.2) is 4.99 Å². The highest BCUT2D eigenvalue weighted by atomic mass is 19.3. The zero-order valence-electron chi connectivity index (χ0n) is 15.0. The third-order valence-corrected chi connectivity index (χ3v) is 4.66. The second-order valence-electron chi connectivity index (χ2n) is 6.54. The fraction of sp³-hybridized carbons (Fsp3) is 0.350. The Bertz CT molecular complexity index is 792. The number of nitrogens with two attached hydrogens (primary N) is 1. The molecule has 0 amide bonds. The number of rotatable bonds is 6. The average Bonchev–Trinajstić information content (AvgIpc) is 2.92. The van der Waals surface area contributed by atoms with E-state index in [1.54, 1.807) is 24.3 Å². The largest absolute Gasteiger partial charge is 0.435 e. The number of ether oxygens (including phenoxy) is 1. The van der Waals surface area contributed by atoms with E-state index < -0.39 is 12.2 Å². The zero-order valence-corrected chi connectivity index (χ0v) is 15.0. The molecule has 4 nitrogen and oxygen atoms in total. The Labute approximate surface area is 152 Å². The highest BCUT2D eigenvalue weighted by Crippen LogP contribution is 2.39. The average molecular weight is 359 g/mol. The van der Waals surface area contributed by atoms with Crippen LogP contribution in [0, 0.1) is 0 Å². The third-order valence-electron chi connectivity index (χ3n) is 4.66. The lowest BCUT2D eigenvalue weighted by atomic mass is 9.82. The summed E-state index contributed by atoms with van der Waals surface area (Å²) in [6, 6.07) is 15.0. The van der Waals surface area contributed by atoms with Crippen molar-refractivity contribution in [1.82, 2.24) is 4.90 Å². The molecule has 0 saturated heterocycles. The number of benzene rings is 2. The molecule has 6 heteroatoms. The molecular weight excluding hydrogens is 336 g/mol. The zero-order chi connectivity index (χ0) is 18.7. The highest BCUT2D eigenvalue weighted by Gasteiger charge is 2.40. The molecule has 1 atom stereocenters. The Morgan fingerprint density at radius 2 is 1.92 bits per heavy atom. The number of hydrogen-bond donors (Lipinski definition) is 1. The number of likely N-dealkylation sites (N-methyl/N-ethyl adjacent to an activating group) is 1. The summed E-state index contributed by atoms with van der Waals surface area (Å²) in [6.45, 7) is -0.112. The molecule has 0 aromatic heterocycles. The fourth-order valence-electron chi connectivity index (χ4n) is 3.40. The van der Waals surface area contributed by atoms with E-state index in [-0.39, 0.29) is 5.75 Å². The molecule has 0 spiro atoms. The van der Waals surface area contributed by atoms with Crippen LogP contribution >= 0.6 is 0 Å². The summed E-state index contributed by atoms with van der Waals surface area (Å²) in [6.07, 6.45) is 2.04. The second-order valence-corrected chi connectivity index (χ2v) is 6.54. The van der Waals surface area contributed by atoms with E-state index >= 15 is 0 Å². The van der Waals surface area contributed by atoms with Gasteiger partial charge in [0, 0.05) is 7.05 Å². The number of halogens is 2. The molecule has 2 N–H and O–H groups in total. The lowest BCUT2D eigenvalue weighted by Gasteiger charge is -2.28. The van der Waals surface area contributed by atoms with Crippen LogP contribution in [0.4, 0.5) is 8.78 Å². The minimum atomic E-state index is -2.84. The van der Waals surface area contributed by atoms with Crippen LogP contribution in [0.1, 0.15) is 30.0 Å². The molecule has 138 valence electrons. The topological polar surface area (TPSA) is 50.9 Å². The molecule has 0 saturated carbocycles. The molecule has 2 aromatic carbocycles. The maximum Gasteiger partial charge on any atom is 0.387 e.